The molecule has 172 valence electrons. The minimum atomic E-state index is -4.57. The van der Waals surface area contributed by atoms with Crippen molar-refractivity contribution in [1.82, 2.24) is 25.1 Å². The number of nitrogen functional groups attached to an aromatic ring is 1. The molecule has 0 unspecified atom stereocenters. The fourth-order valence-electron chi connectivity index (χ4n) is 3.48. The largest absolute Gasteiger partial charge is 0.433 e. The van der Waals surface area contributed by atoms with Gasteiger partial charge in [0.25, 0.3) is 0 Å². The van der Waals surface area contributed by atoms with Crippen molar-refractivity contribution in [2.24, 2.45) is 0 Å². The number of aromatic nitrogens is 5. The first-order valence-corrected chi connectivity index (χ1v) is 10.8. The molecule has 0 aliphatic heterocycles. The molecule has 1 aromatic carbocycles. The Bertz CT molecular complexity index is 1480. The van der Waals surface area contributed by atoms with E-state index in [0.717, 1.165) is 17.8 Å². The SMILES string of the molecule is Cc1nc(N)c2nc(N(c3ccc(C(F)(F)F)nc3)c3c(-c4ccccc4)noc3C)sc2n1. The smallest absolute Gasteiger partial charge is 0.382 e. The normalized spacial score (nSPS) is 11.8. The highest BCUT2D eigenvalue weighted by Gasteiger charge is 2.33. The van der Waals surface area contributed by atoms with Crippen LogP contribution in [0.25, 0.3) is 21.6 Å². The number of hydrogen-bond donors (Lipinski definition) is 1. The molecule has 0 aliphatic rings. The zero-order valence-corrected chi connectivity index (χ0v) is 18.6. The van der Waals surface area contributed by atoms with Crippen molar-refractivity contribution in [2.45, 2.75) is 20.0 Å². The Morgan fingerprint density at radius 3 is 2.44 bits per heavy atom. The van der Waals surface area contributed by atoms with Gasteiger partial charge >= 0.3 is 6.18 Å². The van der Waals surface area contributed by atoms with Gasteiger partial charge in [0.2, 0.25) is 0 Å². The van der Waals surface area contributed by atoms with Gasteiger partial charge in [-0.2, -0.15) is 13.2 Å². The molecule has 2 N–H and O–H groups in total. The molecule has 5 rings (SSSR count). The van der Waals surface area contributed by atoms with E-state index in [4.69, 9.17) is 10.3 Å². The number of thiazole rings is 1. The topological polar surface area (TPSA) is 107 Å². The molecule has 0 fully saturated rings. The molecule has 5 aromatic rings. The molecule has 0 bridgehead atoms. The molecule has 12 heteroatoms. The zero-order valence-electron chi connectivity index (χ0n) is 17.8. The van der Waals surface area contributed by atoms with Crippen LogP contribution in [0.5, 0.6) is 0 Å². The number of pyridine rings is 1. The van der Waals surface area contributed by atoms with E-state index in [9.17, 15) is 13.2 Å². The van der Waals surface area contributed by atoms with E-state index in [1.807, 2.05) is 30.3 Å². The summed E-state index contributed by atoms with van der Waals surface area (Å²) in [4.78, 5) is 19.0. The summed E-state index contributed by atoms with van der Waals surface area (Å²) >= 11 is 1.21. The van der Waals surface area contributed by atoms with E-state index in [2.05, 4.69) is 25.1 Å². The molecule has 0 saturated heterocycles. The molecule has 0 radical (unpaired) electrons. The van der Waals surface area contributed by atoms with Crippen LogP contribution in [0.1, 0.15) is 17.3 Å². The molecule has 4 heterocycles. The maximum absolute atomic E-state index is 13.1. The lowest BCUT2D eigenvalue weighted by molar-refractivity contribution is -0.141. The van der Waals surface area contributed by atoms with E-state index in [0.29, 0.717) is 44.1 Å². The first kappa shape index (κ1) is 21.8. The van der Waals surface area contributed by atoms with E-state index < -0.39 is 11.9 Å². The first-order chi connectivity index (χ1) is 16.2. The number of nitrogens with zero attached hydrogens (tertiary/aromatic N) is 6. The van der Waals surface area contributed by atoms with Crippen LogP contribution in [0.3, 0.4) is 0 Å². The molecule has 0 spiro atoms. The average molecular weight is 483 g/mol. The number of rotatable bonds is 4. The third kappa shape index (κ3) is 3.81. The van der Waals surface area contributed by atoms with Crippen molar-refractivity contribution in [1.29, 1.82) is 0 Å². The maximum atomic E-state index is 13.1. The van der Waals surface area contributed by atoms with Crippen molar-refractivity contribution >= 4 is 44.0 Å². The Labute approximate surface area is 194 Å². The van der Waals surface area contributed by atoms with Crippen molar-refractivity contribution in [2.75, 3.05) is 10.6 Å². The number of hydrogen-bond acceptors (Lipinski definition) is 9. The minimum absolute atomic E-state index is 0.209. The molecule has 4 aromatic heterocycles. The monoisotopic (exact) mass is 483 g/mol. The Kier molecular flexibility index (Phi) is 5.16. The third-order valence-corrected chi connectivity index (χ3v) is 5.91. The number of aryl methyl sites for hydroxylation is 2. The first-order valence-electron chi connectivity index (χ1n) is 9.98. The van der Waals surface area contributed by atoms with Gasteiger partial charge in [-0.3, -0.25) is 4.90 Å². The van der Waals surface area contributed by atoms with Gasteiger partial charge in [-0.15, -0.1) is 0 Å². The molecule has 8 nitrogen and oxygen atoms in total. The summed E-state index contributed by atoms with van der Waals surface area (Å²) in [5.41, 5.74) is 7.54. The molecular formula is C22H16F3N7OS. The Morgan fingerprint density at radius 2 is 1.76 bits per heavy atom. The average Bonchev–Trinajstić information content (AvgIpc) is 3.39. The molecular weight excluding hydrogens is 467 g/mol. The van der Waals surface area contributed by atoms with Gasteiger partial charge in [-0.25, -0.2) is 19.9 Å². The maximum Gasteiger partial charge on any atom is 0.433 e. The quantitative estimate of drug-likeness (QED) is 0.341. The number of anilines is 4. The summed E-state index contributed by atoms with van der Waals surface area (Å²) in [5, 5.41) is 4.60. The van der Waals surface area contributed by atoms with Gasteiger partial charge in [0.05, 0.1) is 11.9 Å². The number of nitrogens with two attached hydrogens (primary N) is 1. The van der Waals surface area contributed by atoms with Gasteiger partial charge in [0.15, 0.2) is 21.5 Å². The number of benzene rings is 1. The second-order valence-corrected chi connectivity index (χ2v) is 8.30. The number of alkyl halides is 3. The van der Waals surface area contributed by atoms with Gasteiger partial charge < -0.3 is 10.3 Å². The minimum Gasteiger partial charge on any atom is -0.382 e. The molecule has 34 heavy (non-hydrogen) atoms. The lowest BCUT2D eigenvalue weighted by Crippen LogP contribution is -2.13. The van der Waals surface area contributed by atoms with E-state index >= 15 is 0 Å². The summed E-state index contributed by atoms with van der Waals surface area (Å²) in [6.07, 6.45) is -3.43. The van der Waals surface area contributed by atoms with Crippen LogP contribution in [0.4, 0.5) is 35.5 Å². The zero-order chi connectivity index (χ0) is 24.0. The van der Waals surface area contributed by atoms with Crippen LogP contribution < -0.4 is 10.6 Å². The summed E-state index contributed by atoms with van der Waals surface area (Å²) in [6.45, 7) is 3.43. The summed E-state index contributed by atoms with van der Waals surface area (Å²) in [5.74, 6) is 1.13. The van der Waals surface area contributed by atoms with Gasteiger partial charge in [0, 0.05) is 5.56 Å². The van der Waals surface area contributed by atoms with E-state index in [1.54, 1.807) is 18.7 Å². The number of fused-ring (bicyclic) bond motifs is 1. The van der Waals surface area contributed by atoms with Crippen molar-refractivity contribution < 1.29 is 17.7 Å². The lowest BCUT2D eigenvalue weighted by atomic mass is 10.1. The summed E-state index contributed by atoms with van der Waals surface area (Å²) < 4.78 is 44.9. The summed E-state index contributed by atoms with van der Waals surface area (Å²) in [6, 6.07) is 11.5. The second-order valence-electron chi connectivity index (χ2n) is 7.34. The van der Waals surface area contributed by atoms with Gasteiger partial charge in [0.1, 0.15) is 28.4 Å². The third-order valence-electron chi connectivity index (χ3n) is 4.98. The molecule has 0 amide bonds. The second kappa shape index (κ2) is 8.06. The van der Waals surface area contributed by atoms with E-state index in [-0.39, 0.29) is 5.82 Å². The van der Waals surface area contributed by atoms with Gasteiger partial charge in [-0.1, -0.05) is 46.8 Å². The van der Waals surface area contributed by atoms with Crippen molar-refractivity contribution in [3.8, 4) is 11.3 Å². The van der Waals surface area contributed by atoms with Crippen LogP contribution in [-0.2, 0) is 6.18 Å². The van der Waals surface area contributed by atoms with Crippen LogP contribution in [0.2, 0.25) is 0 Å². The van der Waals surface area contributed by atoms with Crippen molar-refractivity contribution in [3.05, 3.63) is 65.9 Å². The standard InChI is InChI=1S/C22H16F3N7OS/c1-11-18(16(31-33-11)13-6-4-3-5-7-13)32(14-8-9-15(27-10-14)22(23,24)25)21-30-17-19(26)28-12(2)29-20(17)34-21/h3-10H,1-2H3,(H2,26,28,29). The Morgan fingerprint density at radius 1 is 1.00 bits per heavy atom. The van der Waals surface area contributed by atoms with Crippen LogP contribution in [0.15, 0.2) is 53.2 Å². The summed E-state index contributed by atoms with van der Waals surface area (Å²) in [7, 11) is 0. The van der Waals surface area contributed by atoms with E-state index in [1.165, 1.54) is 17.4 Å². The lowest BCUT2D eigenvalue weighted by Gasteiger charge is -2.22. The highest BCUT2D eigenvalue weighted by atomic mass is 32.1. The van der Waals surface area contributed by atoms with Crippen LogP contribution in [0, 0.1) is 13.8 Å². The van der Waals surface area contributed by atoms with Crippen LogP contribution in [-0.4, -0.2) is 25.1 Å². The van der Waals surface area contributed by atoms with Gasteiger partial charge in [-0.05, 0) is 26.0 Å². The number of halogens is 3. The fourth-order valence-corrected chi connectivity index (χ4v) is 4.50. The predicted octanol–water partition coefficient (Wildman–Crippen LogP) is 5.82. The Hall–Kier alpha value is -4.06. The fraction of sp³-hybridized carbons (Fsp3) is 0.136. The van der Waals surface area contributed by atoms with Crippen molar-refractivity contribution in [3.63, 3.8) is 0 Å². The Balaban J connectivity index is 1.75. The molecule has 0 saturated carbocycles. The van der Waals surface area contributed by atoms with Crippen LogP contribution >= 0.6 is 11.3 Å². The molecule has 0 atom stereocenters. The highest BCUT2D eigenvalue weighted by molar-refractivity contribution is 7.22. The molecule has 0 aliphatic carbocycles. The predicted molar refractivity (Wildman–Crippen MR) is 122 cm³/mol. The highest BCUT2D eigenvalue weighted by Crippen LogP contribution is 2.45.